The SMILES string of the molecule is C[C@H]1CN(C(=O)CNc2ccc(Br)c(C(F)(F)F)c2)C[C@H](C)O1. The third-order valence-corrected chi connectivity index (χ3v) is 4.18. The van der Waals surface area contributed by atoms with E-state index in [0.717, 1.165) is 6.07 Å². The molecule has 2 atom stereocenters. The van der Waals surface area contributed by atoms with Gasteiger partial charge in [0.15, 0.2) is 0 Å². The Labute approximate surface area is 141 Å². The van der Waals surface area contributed by atoms with Crippen LogP contribution in [0.5, 0.6) is 0 Å². The Kier molecular flexibility index (Phi) is 5.57. The van der Waals surface area contributed by atoms with Gasteiger partial charge in [-0.1, -0.05) is 15.9 Å². The number of carbonyl (C=O) groups excluding carboxylic acids is 1. The molecule has 8 heteroatoms. The number of rotatable bonds is 3. The maximum atomic E-state index is 12.9. The molecule has 0 saturated carbocycles. The standard InChI is InChI=1S/C15H18BrF3N2O2/c1-9-7-21(8-10(2)23-9)14(22)6-20-11-3-4-13(16)12(5-11)15(17,18)19/h3-5,9-10,20H,6-8H2,1-2H3/t9-,10-/m0/s1. The van der Waals surface area contributed by atoms with Crippen LogP contribution in [0.25, 0.3) is 0 Å². The van der Waals surface area contributed by atoms with Crippen LogP contribution in [0.4, 0.5) is 18.9 Å². The van der Waals surface area contributed by atoms with Crippen molar-refractivity contribution in [3.63, 3.8) is 0 Å². The third kappa shape index (κ3) is 4.84. The van der Waals surface area contributed by atoms with E-state index < -0.39 is 11.7 Å². The minimum Gasteiger partial charge on any atom is -0.376 e. The molecule has 1 aliphatic rings. The molecule has 128 valence electrons. The number of ether oxygens (including phenoxy) is 1. The molecule has 1 saturated heterocycles. The lowest BCUT2D eigenvalue weighted by Crippen LogP contribution is -2.49. The zero-order chi connectivity index (χ0) is 17.2. The third-order valence-electron chi connectivity index (χ3n) is 3.49. The van der Waals surface area contributed by atoms with Crippen LogP contribution in [0.2, 0.25) is 0 Å². The fourth-order valence-electron chi connectivity index (χ4n) is 2.52. The Morgan fingerprint density at radius 2 is 1.96 bits per heavy atom. The minimum absolute atomic E-state index is 0.0299. The van der Waals surface area contributed by atoms with Gasteiger partial charge in [0.05, 0.1) is 24.3 Å². The van der Waals surface area contributed by atoms with E-state index in [1.165, 1.54) is 12.1 Å². The van der Waals surface area contributed by atoms with E-state index in [2.05, 4.69) is 21.2 Å². The quantitative estimate of drug-likeness (QED) is 0.852. The molecule has 1 amide bonds. The second-order valence-electron chi connectivity index (χ2n) is 5.60. The number of amides is 1. The Morgan fingerprint density at radius 1 is 1.35 bits per heavy atom. The highest BCUT2D eigenvalue weighted by atomic mass is 79.9. The zero-order valence-electron chi connectivity index (χ0n) is 12.8. The van der Waals surface area contributed by atoms with Gasteiger partial charge in [-0.3, -0.25) is 4.79 Å². The average Bonchev–Trinajstić information content (AvgIpc) is 2.43. The smallest absolute Gasteiger partial charge is 0.376 e. The number of morpholine rings is 1. The summed E-state index contributed by atoms with van der Waals surface area (Å²) in [5, 5.41) is 2.76. The van der Waals surface area contributed by atoms with E-state index in [1.807, 2.05) is 13.8 Å². The number of halogens is 4. The Bertz CT molecular complexity index is 570. The summed E-state index contributed by atoms with van der Waals surface area (Å²) in [6, 6.07) is 3.80. The van der Waals surface area contributed by atoms with Crippen LogP contribution in [-0.2, 0) is 15.7 Å². The zero-order valence-corrected chi connectivity index (χ0v) is 14.4. The van der Waals surface area contributed by atoms with E-state index in [9.17, 15) is 18.0 Å². The maximum absolute atomic E-state index is 12.9. The lowest BCUT2D eigenvalue weighted by Gasteiger charge is -2.35. The predicted octanol–water partition coefficient (Wildman–Crippen LogP) is 3.52. The first-order chi connectivity index (χ1) is 10.7. The fraction of sp³-hybridized carbons (Fsp3) is 0.533. The highest BCUT2D eigenvalue weighted by Gasteiger charge is 2.33. The van der Waals surface area contributed by atoms with Crippen LogP contribution in [0.1, 0.15) is 19.4 Å². The van der Waals surface area contributed by atoms with Gasteiger partial charge >= 0.3 is 6.18 Å². The summed E-state index contributed by atoms with van der Waals surface area (Å²) < 4.78 is 44.1. The number of carbonyl (C=O) groups is 1. The molecular formula is C15H18BrF3N2O2. The summed E-state index contributed by atoms with van der Waals surface area (Å²) in [6.45, 7) is 4.68. The van der Waals surface area contributed by atoms with Crippen molar-refractivity contribution in [1.82, 2.24) is 4.90 Å². The summed E-state index contributed by atoms with van der Waals surface area (Å²) in [4.78, 5) is 13.8. The van der Waals surface area contributed by atoms with Gasteiger partial charge in [-0.05, 0) is 32.0 Å². The van der Waals surface area contributed by atoms with Crippen molar-refractivity contribution < 1.29 is 22.7 Å². The van der Waals surface area contributed by atoms with Crippen LogP contribution in [0.3, 0.4) is 0 Å². The molecule has 23 heavy (non-hydrogen) atoms. The van der Waals surface area contributed by atoms with Gasteiger partial charge in [0, 0.05) is 23.2 Å². The summed E-state index contributed by atoms with van der Waals surface area (Å²) in [7, 11) is 0. The van der Waals surface area contributed by atoms with Crippen LogP contribution in [0.15, 0.2) is 22.7 Å². The van der Waals surface area contributed by atoms with Gasteiger partial charge in [-0.25, -0.2) is 0 Å². The van der Waals surface area contributed by atoms with Crippen molar-refractivity contribution >= 4 is 27.5 Å². The lowest BCUT2D eigenvalue weighted by atomic mass is 10.2. The summed E-state index contributed by atoms with van der Waals surface area (Å²) in [5.74, 6) is -0.163. The number of hydrogen-bond donors (Lipinski definition) is 1. The fourth-order valence-corrected chi connectivity index (χ4v) is 2.99. The van der Waals surface area contributed by atoms with Gasteiger partial charge in [0.2, 0.25) is 5.91 Å². The van der Waals surface area contributed by atoms with Crippen molar-refractivity contribution in [2.75, 3.05) is 25.0 Å². The Balaban J connectivity index is 1.99. The van der Waals surface area contributed by atoms with Gasteiger partial charge < -0.3 is 15.0 Å². The van der Waals surface area contributed by atoms with Gasteiger partial charge in [-0.15, -0.1) is 0 Å². The van der Waals surface area contributed by atoms with E-state index in [0.29, 0.717) is 13.1 Å². The first-order valence-corrected chi connectivity index (χ1v) is 8.00. The van der Waals surface area contributed by atoms with Crippen molar-refractivity contribution in [3.8, 4) is 0 Å². The molecular weight excluding hydrogens is 377 g/mol. The second kappa shape index (κ2) is 7.09. The first kappa shape index (κ1) is 18.1. The topological polar surface area (TPSA) is 41.6 Å². The Hall–Kier alpha value is -1.28. The average molecular weight is 395 g/mol. The van der Waals surface area contributed by atoms with Crippen LogP contribution in [0, 0.1) is 0 Å². The van der Waals surface area contributed by atoms with Gasteiger partial charge in [0.25, 0.3) is 0 Å². The molecule has 0 spiro atoms. The number of benzene rings is 1. The summed E-state index contributed by atoms with van der Waals surface area (Å²) in [6.07, 6.45) is -4.55. The van der Waals surface area contributed by atoms with Gasteiger partial charge in [0.1, 0.15) is 0 Å². The molecule has 1 N–H and O–H groups in total. The van der Waals surface area contributed by atoms with Crippen LogP contribution in [-0.4, -0.2) is 42.6 Å². The van der Waals surface area contributed by atoms with E-state index in [1.54, 1.807) is 4.90 Å². The molecule has 0 radical (unpaired) electrons. The Morgan fingerprint density at radius 3 is 2.52 bits per heavy atom. The number of hydrogen-bond acceptors (Lipinski definition) is 3. The highest BCUT2D eigenvalue weighted by molar-refractivity contribution is 9.10. The molecule has 1 aromatic rings. The molecule has 1 aromatic carbocycles. The van der Waals surface area contributed by atoms with Crippen molar-refractivity contribution in [2.45, 2.75) is 32.2 Å². The van der Waals surface area contributed by atoms with Crippen LogP contribution >= 0.6 is 15.9 Å². The lowest BCUT2D eigenvalue weighted by molar-refractivity contribution is -0.141. The summed E-state index contributed by atoms with van der Waals surface area (Å²) >= 11 is 2.89. The number of nitrogens with one attached hydrogen (secondary N) is 1. The van der Waals surface area contributed by atoms with Crippen molar-refractivity contribution in [2.24, 2.45) is 0 Å². The maximum Gasteiger partial charge on any atom is 0.417 e. The van der Waals surface area contributed by atoms with E-state index >= 15 is 0 Å². The predicted molar refractivity (Wildman–Crippen MR) is 84.2 cm³/mol. The normalized spacial score (nSPS) is 22.1. The number of anilines is 1. The van der Waals surface area contributed by atoms with Crippen molar-refractivity contribution in [3.05, 3.63) is 28.2 Å². The highest BCUT2D eigenvalue weighted by Crippen LogP contribution is 2.36. The van der Waals surface area contributed by atoms with E-state index in [-0.39, 0.29) is 34.8 Å². The number of nitrogens with zero attached hydrogens (tertiary/aromatic N) is 1. The van der Waals surface area contributed by atoms with Gasteiger partial charge in [-0.2, -0.15) is 13.2 Å². The largest absolute Gasteiger partial charge is 0.417 e. The van der Waals surface area contributed by atoms with E-state index in [4.69, 9.17) is 4.74 Å². The monoisotopic (exact) mass is 394 g/mol. The molecule has 1 heterocycles. The van der Waals surface area contributed by atoms with Crippen molar-refractivity contribution in [1.29, 1.82) is 0 Å². The minimum atomic E-state index is -4.45. The molecule has 0 aromatic heterocycles. The second-order valence-corrected chi connectivity index (χ2v) is 6.46. The molecule has 0 unspecified atom stereocenters. The van der Waals surface area contributed by atoms with Crippen LogP contribution < -0.4 is 5.32 Å². The molecule has 1 fully saturated rings. The first-order valence-electron chi connectivity index (χ1n) is 7.20. The molecule has 1 aliphatic heterocycles. The molecule has 0 bridgehead atoms. The molecule has 0 aliphatic carbocycles. The molecule has 4 nitrogen and oxygen atoms in total. The number of alkyl halides is 3. The summed E-state index contributed by atoms with van der Waals surface area (Å²) in [5.41, 5.74) is -0.521. The molecule has 2 rings (SSSR count).